The third-order valence-corrected chi connectivity index (χ3v) is 4.69. The Morgan fingerprint density at radius 2 is 2.07 bits per heavy atom. The molecule has 3 heterocycles. The Hall–Kier alpha value is -3.61. The Morgan fingerprint density at radius 3 is 2.78 bits per heavy atom. The van der Waals surface area contributed by atoms with E-state index in [9.17, 15) is 9.90 Å². The molecule has 0 bridgehead atoms. The van der Waals surface area contributed by atoms with E-state index < -0.39 is 5.97 Å². The van der Waals surface area contributed by atoms with Crippen molar-refractivity contribution in [2.75, 3.05) is 12.8 Å². The molecule has 0 unspecified atom stereocenters. The molecule has 136 valence electrons. The zero-order valence-electron chi connectivity index (χ0n) is 14.9. The number of hydrogen-bond donors (Lipinski definition) is 2. The molecular weight excluding hydrogens is 344 g/mol. The highest BCUT2D eigenvalue weighted by Crippen LogP contribution is 2.35. The molecule has 0 spiro atoms. The number of aromatic nitrogens is 3. The molecule has 0 aliphatic heterocycles. The van der Waals surface area contributed by atoms with Crippen LogP contribution in [0.2, 0.25) is 0 Å². The molecule has 0 amide bonds. The highest BCUT2D eigenvalue weighted by atomic mass is 16.5. The van der Waals surface area contributed by atoms with Gasteiger partial charge in [-0.05, 0) is 42.8 Å². The van der Waals surface area contributed by atoms with Gasteiger partial charge in [-0.2, -0.15) is 0 Å². The summed E-state index contributed by atoms with van der Waals surface area (Å²) in [6, 6.07) is 8.71. The lowest BCUT2D eigenvalue weighted by Gasteiger charge is -2.18. The van der Waals surface area contributed by atoms with Crippen molar-refractivity contribution < 1.29 is 14.6 Å². The number of anilines is 1. The molecule has 0 fully saturated rings. The van der Waals surface area contributed by atoms with Crippen LogP contribution in [0.25, 0.3) is 33.1 Å². The summed E-state index contributed by atoms with van der Waals surface area (Å²) in [7, 11) is 1.50. The smallest absolute Gasteiger partial charge is 0.335 e. The zero-order chi connectivity index (χ0) is 19.1. The second kappa shape index (κ2) is 6.28. The quantitative estimate of drug-likeness (QED) is 0.575. The van der Waals surface area contributed by atoms with E-state index in [1.165, 1.54) is 13.2 Å². The van der Waals surface area contributed by atoms with Gasteiger partial charge < -0.3 is 20.1 Å². The van der Waals surface area contributed by atoms with Crippen LogP contribution >= 0.6 is 0 Å². The van der Waals surface area contributed by atoms with E-state index in [0.29, 0.717) is 29.3 Å². The van der Waals surface area contributed by atoms with Crippen molar-refractivity contribution in [3.63, 3.8) is 0 Å². The number of rotatable bonds is 4. The number of benzene rings is 1. The number of nitrogens with zero attached hydrogens (tertiary/aromatic N) is 3. The number of methoxy groups -OCH3 is 1. The fourth-order valence-electron chi connectivity index (χ4n) is 3.42. The number of carboxylic acids is 1. The number of fused-ring (bicyclic) bond motifs is 3. The number of aryl methyl sites for hydroxylation is 1. The molecular formula is C20H18N4O3. The van der Waals surface area contributed by atoms with Crippen LogP contribution in [0.4, 0.5) is 5.82 Å². The first-order valence-electron chi connectivity index (χ1n) is 8.48. The van der Waals surface area contributed by atoms with Crippen LogP contribution in [0.5, 0.6) is 5.75 Å². The van der Waals surface area contributed by atoms with Crippen molar-refractivity contribution in [1.82, 2.24) is 14.5 Å². The van der Waals surface area contributed by atoms with E-state index >= 15 is 0 Å². The Bertz CT molecular complexity index is 1200. The Kier molecular flexibility index (Phi) is 3.92. The third-order valence-electron chi connectivity index (χ3n) is 4.69. The second-order valence-electron chi connectivity index (χ2n) is 6.19. The summed E-state index contributed by atoms with van der Waals surface area (Å²) in [4.78, 5) is 20.1. The average Bonchev–Trinajstić information content (AvgIpc) is 3.16. The van der Waals surface area contributed by atoms with Gasteiger partial charge in [0.2, 0.25) is 0 Å². The first kappa shape index (κ1) is 16.8. The lowest BCUT2D eigenvalue weighted by molar-refractivity contribution is 0.0696. The van der Waals surface area contributed by atoms with Gasteiger partial charge in [0.05, 0.1) is 18.2 Å². The predicted octanol–water partition coefficient (Wildman–Crippen LogP) is 3.56. The zero-order valence-corrected chi connectivity index (χ0v) is 14.9. The number of carboxylic acid groups (broad SMARTS) is 1. The third kappa shape index (κ3) is 2.64. The lowest BCUT2D eigenvalue weighted by Crippen LogP contribution is -2.08. The summed E-state index contributed by atoms with van der Waals surface area (Å²) < 4.78 is 7.26. The van der Waals surface area contributed by atoms with E-state index in [-0.39, 0.29) is 5.56 Å². The van der Waals surface area contributed by atoms with Crippen molar-refractivity contribution in [3.05, 3.63) is 48.3 Å². The molecule has 0 radical (unpaired) electrons. The molecule has 27 heavy (non-hydrogen) atoms. The normalized spacial score (nSPS) is 11.2. The van der Waals surface area contributed by atoms with Gasteiger partial charge in [0, 0.05) is 35.3 Å². The van der Waals surface area contributed by atoms with Crippen molar-refractivity contribution in [1.29, 1.82) is 0 Å². The number of aromatic carboxylic acids is 1. The minimum atomic E-state index is -1.02. The van der Waals surface area contributed by atoms with Crippen molar-refractivity contribution in [3.8, 4) is 16.9 Å². The molecule has 4 aromatic rings. The molecule has 0 saturated carbocycles. The predicted molar refractivity (Wildman–Crippen MR) is 104 cm³/mol. The summed E-state index contributed by atoms with van der Waals surface area (Å²) in [5.41, 5.74) is 9.68. The number of carbonyl (C=O) groups is 1. The van der Waals surface area contributed by atoms with Gasteiger partial charge in [0.25, 0.3) is 0 Å². The second-order valence-corrected chi connectivity index (χ2v) is 6.19. The van der Waals surface area contributed by atoms with E-state index in [2.05, 4.69) is 9.97 Å². The average molecular weight is 362 g/mol. The van der Waals surface area contributed by atoms with Crippen molar-refractivity contribution in [2.45, 2.75) is 13.5 Å². The molecule has 0 aliphatic rings. The topological polar surface area (TPSA) is 103 Å². The maximum atomic E-state index is 11.5. The lowest BCUT2D eigenvalue weighted by atomic mass is 10.0. The van der Waals surface area contributed by atoms with Gasteiger partial charge in [-0.1, -0.05) is 0 Å². The van der Waals surface area contributed by atoms with E-state index in [4.69, 9.17) is 10.5 Å². The van der Waals surface area contributed by atoms with Crippen LogP contribution in [0.3, 0.4) is 0 Å². The summed E-state index contributed by atoms with van der Waals surface area (Å²) in [5.74, 6) is -0.0198. The minimum Gasteiger partial charge on any atom is -0.497 e. The fourth-order valence-corrected chi connectivity index (χ4v) is 3.42. The molecule has 1 aromatic carbocycles. The van der Waals surface area contributed by atoms with Crippen LogP contribution in [0.15, 0.2) is 42.7 Å². The number of hydrogen-bond acceptors (Lipinski definition) is 5. The highest BCUT2D eigenvalue weighted by molar-refractivity contribution is 6.05. The van der Waals surface area contributed by atoms with Crippen LogP contribution < -0.4 is 10.5 Å². The highest BCUT2D eigenvalue weighted by Gasteiger charge is 2.16. The molecule has 0 atom stereocenters. The molecule has 7 heteroatoms. The number of pyridine rings is 2. The van der Waals surface area contributed by atoms with Crippen LogP contribution in [-0.2, 0) is 6.54 Å². The summed E-state index contributed by atoms with van der Waals surface area (Å²) in [6.07, 6.45) is 3.49. The van der Waals surface area contributed by atoms with Gasteiger partial charge in [0.1, 0.15) is 11.6 Å². The molecule has 3 N–H and O–H groups in total. The van der Waals surface area contributed by atoms with Crippen LogP contribution in [0.1, 0.15) is 17.3 Å². The minimum absolute atomic E-state index is 0.140. The maximum absolute atomic E-state index is 11.5. The van der Waals surface area contributed by atoms with E-state index in [1.54, 1.807) is 24.5 Å². The summed E-state index contributed by atoms with van der Waals surface area (Å²) in [5, 5.41) is 11.2. The number of nitrogen functional groups attached to an aromatic ring is 1. The molecule has 0 saturated heterocycles. The Balaban J connectivity index is 2.06. The molecule has 7 nitrogen and oxygen atoms in total. The Morgan fingerprint density at radius 1 is 1.26 bits per heavy atom. The van der Waals surface area contributed by atoms with Gasteiger partial charge in [-0.25, -0.2) is 14.8 Å². The standard InChI is InChI=1S/C20H18N4O3/c1-3-24-17-13(10-23-19-15(17)4-5-22-19)9-16(18(24)21)11-6-12(20(25)26)8-14(7-11)27-2/h4-10H,3,21H2,1-2H3,(H,25,26). The molecule has 0 aliphatic carbocycles. The van der Waals surface area contributed by atoms with Gasteiger partial charge in [0.15, 0.2) is 5.65 Å². The SMILES string of the molecule is CCn1c(N)c(-c2cc(OC)cc(C(=O)O)c2)cc2cnc3nccc3c21. The largest absolute Gasteiger partial charge is 0.497 e. The number of nitrogens with two attached hydrogens (primary N) is 1. The fraction of sp³-hybridized carbons (Fsp3) is 0.150. The Labute approximate surface area is 155 Å². The molecule has 3 aromatic heterocycles. The summed E-state index contributed by atoms with van der Waals surface area (Å²) >= 11 is 0. The van der Waals surface area contributed by atoms with E-state index in [0.717, 1.165) is 21.9 Å². The van der Waals surface area contributed by atoms with Gasteiger partial charge >= 0.3 is 5.97 Å². The maximum Gasteiger partial charge on any atom is 0.335 e. The van der Waals surface area contributed by atoms with Crippen LogP contribution in [-0.4, -0.2) is 32.7 Å². The van der Waals surface area contributed by atoms with Gasteiger partial charge in [-0.15, -0.1) is 0 Å². The summed E-state index contributed by atoms with van der Waals surface area (Å²) in [6.45, 7) is 2.66. The molecule has 4 rings (SSSR count). The number of ether oxygens (including phenoxy) is 1. The first-order valence-corrected chi connectivity index (χ1v) is 8.48. The van der Waals surface area contributed by atoms with Crippen LogP contribution in [0, 0.1) is 0 Å². The van der Waals surface area contributed by atoms with Crippen molar-refractivity contribution >= 4 is 33.7 Å². The monoisotopic (exact) mass is 362 g/mol. The van der Waals surface area contributed by atoms with Gasteiger partial charge in [-0.3, -0.25) is 0 Å². The van der Waals surface area contributed by atoms with Crippen molar-refractivity contribution in [2.24, 2.45) is 0 Å². The van der Waals surface area contributed by atoms with E-state index in [1.807, 2.05) is 23.6 Å². The first-order chi connectivity index (χ1) is 13.0.